The van der Waals surface area contributed by atoms with Gasteiger partial charge in [0.2, 0.25) is 5.28 Å². The molecule has 0 spiro atoms. The summed E-state index contributed by atoms with van der Waals surface area (Å²) in [6, 6.07) is 0. The molecule has 2 atom stereocenters. The van der Waals surface area contributed by atoms with Crippen molar-refractivity contribution < 1.29 is 4.74 Å². The first-order chi connectivity index (χ1) is 8.15. The lowest BCUT2D eigenvalue weighted by Gasteiger charge is -2.12. The van der Waals surface area contributed by atoms with Gasteiger partial charge in [-0.15, -0.1) is 0 Å². The van der Waals surface area contributed by atoms with Crippen LogP contribution in [0.4, 0.5) is 5.82 Å². The number of halogens is 1. The van der Waals surface area contributed by atoms with E-state index in [4.69, 9.17) is 22.1 Å². The lowest BCUT2D eigenvalue weighted by molar-refractivity contribution is 0.0132. The molecular formula is C10H12ClN5O. The second kappa shape index (κ2) is 3.82. The largest absolute Gasteiger partial charge is 0.382 e. The molecule has 1 saturated heterocycles. The predicted molar refractivity (Wildman–Crippen MR) is 63.6 cm³/mol. The first kappa shape index (κ1) is 10.7. The maximum atomic E-state index is 5.80. The molecule has 0 bridgehead atoms. The van der Waals surface area contributed by atoms with Gasteiger partial charge in [-0.2, -0.15) is 9.97 Å². The summed E-state index contributed by atoms with van der Waals surface area (Å²) in [6.07, 6.45) is 3.86. The minimum absolute atomic E-state index is 0.0413. The molecule has 6 nitrogen and oxygen atoms in total. The lowest BCUT2D eigenvalue weighted by atomic mass is 10.2. The van der Waals surface area contributed by atoms with Crippen molar-refractivity contribution in [2.24, 2.45) is 0 Å². The van der Waals surface area contributed by atoms with Crippen LogP contribution in [-0.4, -0.2) is 25.6 Å². The maximum Gasteiger partial charge on any atom is 0.226 e. The molecule has 17 heavy (non-hydrogen) atoms. The van der Waals surface area contributed by atoms with E-state index in [2.05, 4.69) is 21.9 Å². The Morgan fingerprint density at radius 2 is 2.29 bits per heavy atom. The third kappa shape index (κ3) is 1.73. The minimum atomic E-state index is -0.0413. The molecule has 3 rings (SSSR count). The monoisotopic (exact) mass is 253 g/mol. The van der Waals surface area contributed by atoms with Crippen LogP contribution in [0.2, 0.25) is 5.28 Å². The van der Waals surface area contributed by atoms with Gasteiger partial charge in [0.15, 0.2) is 11.5 Å². The van der Waals surface area contributed by atoms with Gasteiger partial charge in [0.25, 0.3) is 0 Å². The van der Waals surface area contributed by atoms with Gasteiger partial charge in [0.1, 0.15) is 11.7 Å². The Bertz CT molecular complexity index is 569. The molecule has 1 aliphatic heterocycles. The molecule has 2 N–H and O–H groups in total. The van der Waals surface area contributed by atoms with Crippen LogP contribution in [0, 0.1) is 0 Å². The zero-order chi connectivity index (χ0) is 12.0. The Balaban J connectivity index is 2.11. The summed E-state index contributed by atoms with van der Waals surface area (Å²) >= 11 is 5.80. The highest BCUT2D eigenvalue weighted by Crippen LogP contribution is 2.31. The van der Waals surface area contributed by atoms with Crippen LogP contribution in [0.1, 0.15) is 26.0 Å². The Morgan fingerprint density at radius 3 is 3.00 bits per heavy atom. The number of nitrogens with zero attached hydrogens (tertiary/aromatic N) is 4. The number of hydrogen-bond acceptors (Lipinski definition) is 5. The fourth-order valence-electron chi connectivity index (χ4n) is 2.11. The molecule has 0 aliphatic carbocycles. The summed E-state index contributed by atoms with van der Waals surface area (Å²) in [6.45, 7) is 2.05. The van der Waals surface area contributed by atoms with E-state index in [0.717, 1.165) is 12.8 Å². The molecule has 2 aromatic rings. The van der Waals surface area contributed by atoms with E-state index < -0.39 is 0 Å². The van der Waals surface area contributed by atoms with Crippen molar-refractivity contribution in [2.45, 2.75) is 32.1 Å². The molecule has 0 aromatic carbocycles. The summed E-state index contributed by atoms with van der Waals surface area (Å²) in [5.74, 6) is 0.296. The van der Waals surface area contributed by atoms with E-state index in [9.17, 15) is 0 Å². The van der Waals surface area contributed by atoms with E-state index in [1.165, 1.54) is 0 Å². The van der Waals surface area contributed by atoms with Crippen LogP contribution in [0.15, 0.2) is 6.33 Å². The standard InChI is InChI=1S/C10H12ClN5O/c1-5-2-3-6(17-5)16-4-13-7-8(12)14-10(11)15-9(7)16/h4-6H,2-3H2,1H3,(H2,12,14,15)/t5-,6-/m1/s1. The number of nitrogens with two attached hydrogens (primary N) is 1. The molecule has 0 amide bonds. The van der Waals surface area contributed by atoms with Crippen LogP contribution >= 0.6 is 11.6 Å². The second-order valence-electron chi connectivity index (χ2n) is 4.18. The van der Waals surface area contributed by atoms with E-state index in [1.807, 2.05) is 4.57 Å². The molecule has 0 radical (unpaired) electrons. The summed E-state index contributed by atoms with van der Waals surface area (Å²) in [7, 11) is 0. The average molecular weight is 254 g/mol. The van der Waals surface area contributed by atoms with Crippen LogP contribution in [0.25, 0.3) is 11.2 Å². The predicted octanol–water partition coefficient (Wildman–Crippen LogP) is 1.76. The Kier molecular flexibility index (Phi) is 2.41. The van der Waals surface area contributed by atoms with Crippen LogP contribution < -0.4 is 5.73 Å². The van der Waals surface area contributed by atoms with Gasteiger partial charge >= 0.3 is 0 Å². The Hall–Kier alpha value is -1.40. The molecule has 1 fully saturated rings. The summed E-state index contributed by atoms with van der Waals surface area (Å²) in [4.78, 5) is 12.2. The highest BCUT2D eigenvalue weighted by molar-refractivity contribution is 6.28. The van der Waals surface area contributed by atoms with Gasteiger partial charge in [0, 0.05) is 0 Å². The Morgan fingerprint density at radius 1 is 1.47 bits per heavy atom. The van der Waals surface area contributed by atoms with Crippen molar-refractivity contribution in [2.75, 3.05) is 5.73 Å². The van der Waals surface area contributed by atoms with E-state index in [1.54, 1.807) is 6.33 Å². The summed E-state index contributed by atoms with van der Waals surface area (Å²) < 4.78 is 7.64. The maximum absolute atomic E-state index is 5.80. The van der Waals surface area contributed by atoms with E-state index in [0.29, 0.717) is 17.0 Å². The van der Waals surface area contributed by atoms with Crippen molar-refractivity contribution in [3.05, 3.63) is 11.6 Å². The molecule has 0 saturated carbocycles. The van der Waals surface area contributed by atoms with Crippen molar-refractivity contribution in [3.63, 3.8) is 0 Å². The molecule has 3 heterocycles. The average Bonchev–Trinajstić information content (AvgIpc) is 2.83. The van der Waals surface area contributed by atoms with Gasteiger partial charge < -0.3 is 10.5 Å². The topological polar surface area (TPSA) is 78.9 Å². The molecule has 2 aromatic heterocycles. The van der Waals surface area contributed by atoms with Gasteiger partial charge in [-0.05, 0) is 31.4 Å². The fraction of sp³-hybridized carbons (Fsp3) is 0.500. The number of hydrogen-bond donors (Lipinski definition) is 1. The number of anilines is 1. The highest BCUT2D eigenvalue weighted by Gasteiger charge is 2.25. The zero-order valence-electron chi connectivity index (χ0n) is 9.30. The number of ether oxygens (including phenoxy) is 1. The lowest BCUT2D eigenvalue weighted by Crippen LogP contribution is -2.09. The molecular weight excluding hydrogens is 242 g/mol. The number of rotatable bonds is 1. The molecule has 90 valence electrons. The van der Waals surface area contributed by atoms with Crippen LogP contribution in [0.3, 0.4) is 0 Å². The van der Waals surface area contributed by atoms with E-state index >= 15 is 0 Å². The number of imidazole rings is 1. The van der Waals surface area contributed by atoms with E-state index in [-0.39, 0.29) is 17.6 Å². The minimum Gasteiger partial charge on any atom is -0.382 e. The SMILES string of the molecule is C[C@@H]1CC[C@H](n2cnc3c(N)nc(Cl)nc32)O1. The first-order valence-corrected chi connectivity index (χ1v) is 5.84. The van der Waals surface area contributed by atoms with Gasteiger partial charge in [0.05, 0.1) is 12.4 Å². The summed E-state index contributed by atoms with van der Waals surface area (Å²) in [5.41, 5.74) is 6.94. The van der Waals surface area contributed by atoms with Crippen molar-refractivity contribution in [1.82, 2.24) is 19.5 Å². The first-order valence-electron chi connectivity index (χ1n) is 5.46. The molecule has 1 aliphatic rings. The van der Waals surface area contributed by atoms with Crippen molar-refractivity contribution >= 4 is 28.6 Å². The van der Waals surface area contributed by atoms with Gasteiger partial charge in [-0.3, -0.25) is 4.57 Å². The zero-order valence-corrected chi connectivity index (χ0v) is 10.1. The Labute approximate surface area is 103 Å². The molecule has 0 unspecified atom stereocenters. The number of nitrogen functional groups attached to an aromatic ring is 1. The molecule has 7 heteroatoms. The second-order valence-corrected chi connectivity index (χ2v) is 4.52. The highest BCUT2D eigenvalue weighted by atomic mass is 35.5. The number of aromatic nitrogens is 4. The van der Waals surface area contributed by atoms with Crippen LogP contribution in [0.5, 0.6) is 0 Å². The normalized spacial score (nSPS) is 24.6. The fourth-order valence-corrected chi connectivity index (χ4v) is 2.28. The summed E-state index contributed by atoms with van der Waals surface area (Å²) in [5, 5.41) is 0.128. The smallest absolute Gasteiger partial charge is 0.226 e. The van der Waals surface area contributed by atoms with Gasteiger partial charge in [-0.25, -0.2) is 4.98 Å². The van der Waals surface area contributed by atoms with Crippen molar-refractivity contribution in [1.29, 1.82) is 0 Å². The number of fused-ring (bicyclic) bond motifs is 1. The van der Waals surface area contributed by atoms with Crippen molar-refractivity contribution in [3.8, 4) is 0 Å². The van der Waals surface area contributed by atoms with Gasteiger partial charge in [-0.1, -0.05) is 0 Å². The quantitative estimate of drug-likeness (QED) is 0.784. The third-order valence-electron chi connectivity index (χ3n) is 2.94. The van der Waals surface area contributed by atoms with Crippen LogP contribution in [-0.2, 0) is 4.74 Å². The third-order valence-corrected chi connectivity index (χ3v) is 3.11.